The molecular formula is C12H8Cl2N3O7P. The lowest BCUT2D eigenvalue weighted by Gasteiger charge is -2.16. The summed E-state index contributed by atoms with van der Waals surface area (Å²) in [6.07, 6.45) is 0. The SMILES string of the molecule is NP(=O)(Oc1cccc([N+](=O)[O-])c1Cl)Oc1cccc([N+](=O)[O-])c1Cl. The van der Waals surface area contributed by atoms with E-state index in [2.05, 4.69) is 0 Å². The number of hydrogen-bond acceptors (Lipinski definition) is 7. The van der Waals surface area contributed by atoms with Gasteiger partial charge in [0.15, 0.2) is 21.5 Å². The second-order valence-electron chi connectivity index (χ2n) is 4.42. The lowest BCUT2D eigenvalue weighted by atomic mass is 10.3. The predicted molar refractivity (Wildman–Crippen MR) is 89.3 cm³/mol. The molecule has 0 saturated carbocycles. The molecule has 2 N–H and O–H groups in total. The van der Waals surface area contributed by atoms with Crippen LogP contribution < -0.4 is 14.6 Å². The van der Waals surface area contributed by atoms with Crippen LogP contribution in [0.4, 0.5) is 11.4 Å². The molecule has 2 aromatic carbocycles. The number of nitrogens with two attached hydrogens (primary N) is 1. The maximum atomic E-state index is 12.3. The lowest BCUT2D eigenvalue weighted by Crippen LogP contribution is -2.10. The minimum Gasteiger partial charge on any atom is -0.403 e. The van der Waals surface area contributed by atoms with E-state index in [-0.39, 0.29) is 11.5 Å². The van der Waals surface area contributed by atoms with Crippen LogP contribution in [0.2, 0.25) is 10.0 Å². The first-order valence-electron chi connectivity index (χ1n) is 6.26. The standard InChI is InChI=1S/C12H8Cl2N3O7P/c13-11-7(16(18)19)3-1-5-9(11)23-25(15,22)24-10-6-2-4-8(12(10)14)17(20)21/h1-6H,(H2,15,22). The van der Waals surface area contributed by atoms with Crippen molar-refractivity contribution in [3.8, 4) is 11.5 Å². The molecule has 2 aromatic rings. The van der Waals surface area contributed by atoms with Gasteiger partial charge in [-0.15, -0.1) is 0 Å². The molecule has 0 aliphatic carbocycles. The van der Waals surface area contributed by atoms with Crippen LogP contribution in [0.1, 0.15) is 0 Å². The Hall–Kier alpha value is -2.39. The van der Waals surface area contributed by atoms with Crippen molar-refractivity contribution in [1.29, 1.82) is 0 Å². The molecule has 0 saturated heterocycles. The fraction of sp³-hybridized carbons (Fsp3) is 0. The molecule has 0 atom stereocenters. The van der Waals surface area contributed by atoms with Gasteiger partial charge in [-0.3, -0.25) is 20.2 Å². The van der Waals surface area contributed by atoms with Crippen molar-refractivity contribution in [2.75, 3.05) is 0 Å². The van der Waals surface area contributed by atoms with Gasteiger partial charge in [-0.2, -0.15) is 0 Å². The van der Waals surface area contributed by atoms with E-state index in [0.29, 0.717) is 0 Å². The quantitative estimate of drug-likeness (QED) is 0.422. The summed E-state index contributed by atoms with van der Waals surface area (Å²) in [4.78, 5) is 20.1. The van der Waals surface area contributed by atoms with E-state index in [1.807, 2.05) is 0 Å². The van der Waals surface area contributed by atoms with Crippen LogP contribution in [0.5, 0.6) is 11.5 Å². The molecule has 10 nitrogen and oxygen atoms in total. The molecule has 13 heteroatoms. The van der Waals surface area contributed by atoms with Gasteiger partial charge in [0.25, 0.3) is 11.4 Å². The van der Waals surface area contributed by atoms with Gasteiger partial charge in [-0.05, 0) is 12.1 Å². The summed E-state index contributed by atoms with van der Waals surface area (Å²) in [5.74, 6) is -0.716. The van der Waals surface area contributed by atoms with Gasteiger partial charge in [0.1, 0.15) is 0 Å². The summed E-state index contributed by atoms with van der Waals surface area (Å²) >= 11 is 11.6. The molecule has 0 amide bonds. The van der Waals surface area contributed by atoms with Crippen LogP contribution in [-0.4, -0.2) is 9.85 Å². The Bertz CT molecular complexity index is 839. The molecule has 132 valence electrons. The van der Waals surface area contributed by atoms with Crippen molar-refractivity contribution in [3.05, 3.63) is 66.7 Å². The second-order valence-corrected chi connectivity index (χ2v) is 6.62. The van der Waals surface area contributed by atoms with E-state index in [4.69, 9.17) is 37.8 Å². The molecule has 0 heterocycles. The molecule has 0 aromatic heterocycles. The number of benzene rings is 2. The molecule has 0 spiro atoms. The van der Waals surface area contributed by atoms with Gasteiger partial charge in [-0.1, -0.05) is 35.3 Å². The summed E-state index contributed by atoms with van der Waals surface area (Å²) in [5.41, 5.74) is 4.44. The van der Waals surface area contributed by atoms with E-state index < -0.39 is 39.0 Å². The molecule has 25 heavy (non-hydrogen) atoms. The average molecular weight is 408 g/mol. The highest BCUT2D eigenvalue weighted by molar-refractivity contribution is 7.52. The summed E-state index contributed by atoms with van der Waals surface area (Å²) in [5, 5.41) is 20.8. The zero-order valence-electron chi connectivity index (χ0n) is 12.0. The third kappa shape index (κ3) is 4.37. The van der Waals surface area contributed by atoms with Crippen molar-refractivity contribution in [2.45, 2.75) is 0 Å². The van der Waals surface area contributed by atoms with Gasteiger partial charge in [0, 0.05) is 12.1 Å². The average Bonchev–Trinajstić information content (AvgIpc) is 2.50. The number of nitrogens with zero attached hydrogens (tertiary/aromatic N) is 2. The summed E-state index contributed by atoms with van der Waals surface area (Å²) in [6.45, 7) is 0. The van der Waals surface area contributed by atoms with E-state index in [9.17, 15) is 24.8 Å². The Kier molecular flexibility index (Phi) is 5.48. The van der Waals surface area contributed by atoms with E-state index in [1.54, 1.807) is 0 Å². The molecule has 0 aliphatic heterocycles. The molecule has 0 aliphatic rings. The highest BCUT2D eigenvalue weighted by Crippen LogP contribution is 2.47. The number of nitro benzene ring substituents is 2. The predicted octanol–water partition coefficient (Wildman–Crippen LogP) is 4.33. The smallest absolute Gasteiger partial charge is 0.403 e. The van der Waals surface area contributed by atoms with Crippen LogP contribution in [0.3, 0.4) is 0 Å². The fourth-order valence-corrected chi connectivity index (χ4v) is 3.18. The van der Waals surface area contributed by atoms with Gasteiger partial charge in [0.05, 0.1) is 9.85 Å². The van der Waals surface area contributed by atoms with Crippen LogP contribution in [0, 0.1) is 20.2 Å². The van der Waals surface area contributed by atoms with Crippen LogP contribution in [-0.2, 0) is 4.57 Å². The molecule has 2 rings (SSSR count). The third-order valence-electron chi connectivity index (χ3n) is 2.73. The summed E-state index contributed by atoms with van der Waals surface area (Å²) in [6, 6.07) is 7.06. The van der Waals surface area contributed by atoms with Crippen molar-refractivity contribution >= 4 is 42.3 Å². The van der Waals surface area contributed by atoms with Gasteiger partial charge >= 0.3 is 7.75 Å². The number of halogens is 2. The van der Waals surface area contributed by atoms with Crippen molar-refractivity contribution < 1.29 is 23.5 Å². The maximum absolute atomic E-state index is 12.3. The topological polar surface area (TPSA) is 148 Å². The Morgan fingerprint density at radius 2 is 1.24 bits per heavy atom. The largest absolute Gasteiger partial charge is 0.510 e. The molecule has 0 bridgehead atoms. The first kappa shape index (κ1) is 18.9. The van der Waals surface area contributed by atoms with Crippen LogP contribution in [0.15, 0.2) is 36.4 Å². The lowest BCUT2D eigenvalue weighted by molar-refractivity contribution is -0.384. The molecule has 0 fully saturated rings. The number of hydrogen-bond donors (Lipinski definition) is 1. The zero-order chi connectivity index (χ0) is 18.8. The highest BCUT2D eigenvalue weighted by atomic mass is 35.5. The van der Waals surface area contributed by atoms with Crippen LogP contribution in [0.25, 0.3) is 0 Å². The maximum Gasteiger partial charge on any atom is 0.510 e. The molecule has 0 radical (unpaired) electrons. The van der Waals surface area contributed by atoms with Crippen molar-refractivity contribution in [1.82, 2.24) is 0 Å². The Balaban J connectivity index is 2.31. The highest BCUT2D eigenvalue weighted by Gasteiger charge is 2.29. The van der Waals surface area contributed by atoms with E-state index in [0.717, 1.165) is 12.1 Å². The Morgan fingerprint density at radius 1 is 0.880 bits per heavy atom. The Morgan fingerprint density at radius 3 is 1.56 bits per heavy atom. The van der Waals surface area contributed by atoms with Crippen molar-refractivity contribution in [3.63, 3.8) is 0 Å². The molecular weight excluding hydrogens is 400 g/mol. The fourth-order valence-electron chi connectivity index (χ4n) is 1.71. The summed E-state index contributed by atoms with van der Waals surface area (Å²) in [7, 11) is -4.40. The van der Waals surface area contributed by atoms with Gasteiger partial charge < -0.3 is 9.05 Å². The third-order valence-corrected chi connectivity index (χ3v) is 4.39. The van der Waals surface area contributed by atoms with Gasteiger partial charge in [0.2, 0.25) is 0 Å². The summed E-state index contributed by atoms with van der Waals surface area (Å²) < 4.78 is 22.2. The zero-order valence-corrected chi connectivity index (χ0v) is 14.4. The van der Waals surface area contributed by atoms with Crippen molar-refractivity contribution in [2.24, 2.45) is 5.50 Å². The minimum atomic E-state index is -4.40. The number of nitro groups is 2. The first-order valence-corrected chi connectivity index (χ1v) is 8.63. The van der Waals surface area contributed by atoms with Gasteiger partial charge in [-0.25, -0.2) is 10.1 Å². The Labute approximate surface area is 149 Å². The van der Waals surface area contributed by atoms with E-state index in [1.165, 1.54) is 24.3 Å². The monoisotopic (exact) mass is 407 g/mol. The second kappa shape index (κ2) is 7.24. The first-order chi connectivity index (χ1) is 11.6. The minimum absolute atomic E-state index is 0.358. The van der Waals surface area contributed by atoms with E-state index >= 15 is 0 Å². The normalized spacial score (nSPS) is 11.0. The molecule has 0 unspecified atom stereocenters. The number of rotatable bonds is 6. The van der Waals surface area contributed by atoms with Crippen LogP contribution >= 0.6 is 30.9 Å².